The topological polar surface area (TPSA) is 202 Å². The number of hydrogen-bond donors (Lipinski definition) is 6. The van der Waals surface area contributed by atoms with Gasteiger partial charge in [-0.1, -0.05) is 0 Å². The Balaban J connectivity index is 2.94. The molecule has 2 aliphatic heterocycles. The summed E-state index contributed by atoms with van der Waals surface area (Å²) in [5.41, 5.74) is -19.4. The van der Waals surface area contributed by atoms with Crippen LogP contribution in [-0.4, -0.2) is 113 Å². The molecule has 6 N–H and O–H groups in total. The van der Waals surface area contributed by atoms with Crippen LogP contribution in [0.3, 0.4) is 0 Å². The van der Waals surface area contributed by atoms with E-state index in [4.69, 9.17) is 23.7 Å². The summed E-state index contributed by atoms with van der Waals surface area (Å²) in [7, 11) is 2.28. The van der Waals surface area contributed by atoms with Crippen molar-refractivity contribution in [2.75, 3.05) is 14.2 Å². The van der Waals surface area contributed by atoms with Crippen molar-refractivity contribution in [3.05, 3.63) is 0 Å². The third kappa shape index (κ3) is 3.23. The van der Waals surface area contributed by atoms with Gasteiger partial charge in [-0.3, -0.25) is 0 Å². The molecule has 0 radical (unpaired) electrons. The zero-order valence-corrected chi connectivity index (χ0v) is 23.5. The molecule has 37 heavy (non-hydrogen) atoms. The van der Waals surface area contributed by atoms with E-state index < -0.39 is 68.3 Å². The smallest absolute Gasteiger partial charge is 0.338 e. The molecular formula is C24H42O13. The molecule has 2 fully saturated rings. The van der Waals surface area contributed by atoms with Gasteiger partial charge in [-0.2, -0.15) is 0 Å². The average Bonchev–Trinajstić information content (AvgIpc) is 2.75. The summed E-state index contributed by atoms with van der Waals surface area (Å²) in [5.74, 6) is -7.90. The Morgan fingerprint density at radius 1 is 0.541 bits per heavy atom. The zero-order chi connectivity index (χ0) is 29.7. The molecule has 13 heteroatoms. The van der Waals surface area contributed by atoms with Gasteiger partial charge in [0.15, 0.2) is 22.8 Å². The molecule has 0 aromatic rings. The van der Waals surface area contributed by atoms with E-state index in [-0.39, 0.29) is 0 Å². The Labute approximate surface area is 216 Å². The number of rotatable bonds is 6. The zero-order valence-electron chi connectivity index (χ0n) is 23.5. The second-order valence-corrected chi connectivity index (χ2v) is 11.6. The third-order valence-corrected chi connectivity index (χ3v) is 10.2. The molecule has 0 saturated carbocycles. The van der Waals surface area contributed by atoms with Gasteiger partial charge < -0.3 is 54.3 Å². The lowest BCUT2D eigenvalue weighted by molar-refractivity contribution is -0.508. The van der Waals surface area contributed by atoms with E-state index in [1.54, 1.807) is 0 Å². The first kappa shape index (κ1) is 31.8. The summed E-state index contributed by atoms with van der Waals surface area (Å²) in [6.07, 6.45) is 0. The molecule has 2 aliphatic rings. The molecule has 4 unspecified atom stereocenters. The van der Waals surface area contributed by atoms with Crippen molar-refractivity contribution in [2.24, 2.45) is 0 Å². The molecule has 216 valence electrons. The molecule has 2 rings (SSSR count). The largest absolute Gasteiger partial charge is 0.479 e. The number of aliphatic carboxylic acids is 2. The molecule has 0 aliphatic carbocycles. The molecule has 0 bridgehead atoms. The quantitative estimate of drug-likeness (QED) is 0.264. The number of ether oxygens (including phenoxy) is 5. The van der Waals surface area contributed by atoms with Crippen molar-refractivity contribution in [3.8, 4) is 0 Å². The first-order valence-corrected chi connectivity index (χ1v) is 11.7. The van der Waals surface area contributed by atoms with Crippen LogP contribution in [0.5, 0.6) is 0 Å². The number of carboxylic acids is 2. The maximum atomic E-state index is 12.7. The molecule has 0 amide bonds. The van der Waals surface area contributed by atoms with E-state index in [0.29, 0.717) is 0 Å². The van der Waals surface area contributed by atoms with E-state index in [1.807, 2.05) is 0 Å². The number of hydrogen-bond acceptors (Lipinski definition) is 11. The Bertz CT molecular complexity index is 976. The van der Waals surface area contributed by atoms with Crippen LogP contribution < -0.4 is 0 Å². The summed E-state index contributed by atoms with van der Waals surface area (Å²) >= 11 is 0. The van der Waals surface area contributed by atoms with Gasteiger partial charge in [0.25, 0.3) is 0 Å². The lowest BCUT2D eigenvalue weighted by atomic mass is 9.58. The van der Waals surface area contributed by atoms with E-state index in [1.165, 1.54) is 13.8 Å². The highest BCUT2D eigenvalue weighted by molar-refractivity contribution is 5.80. The number of methoxy groups -OCH3 is 2. The highest BCUT2D eigenvalue weighted by atomic mass is 16.8. The molecule has 0 aromatic heterocycles. The van der Waals surface area contributed by atoms with Gasteiger partial charge in [0, 0.05) is 14.2 Å². The SMILES string of the molecule is CO[C@]1(C)OC(C)(C(=O)O)[C@@](C)(O[C@]2(C)OC(C)(C(=O)O)[C@@](C)(OC)[C@](C)(O)C2(C)O)[C@@](C)(O)C1(C)O. The van der Waals surface area contributed by atoms with Gasteiger partial charge in [-0.05, 0) is 69.2 Å². The van der Waals surface area contributed by atoms with Crippen molar-refractivity contribution in [1.29, 1.82) is 0 Å². The second kappa shape index (κ2) is 8.05. The normalized spacial score (nSPS) is 56.6. The van der Waals surface area contributed by atoms with Gasteiger partial charge in [0.1, 0.15) is 33.6 Å². The molecule has 10 atom stereocenters. The van der Waals surface area contributed by atoms with Crippen LogP contribution >= 0.6 is 0 Å². The fourth-order valence-electron chi connectivity index (χ4n) is 5.75. The third-order valence-electron chi connectivity index (χ3n) is 10.2. The van der Waals surface area contributed by atoms with E-state index >= 15 is 0 Å². The van der Waals surface area contributed by atoms with Crippen LogP contribution in [0.2, 0.25) is 0 Å². The fourth-order valence-corrected chi connectivity index (χ4v) is 5.75. The number of carbonyl (C=O) groups is 2. The maximum Gasteiger partial charge on any atom is 0.338 e. The average molecular weight is 539 g/mol. The van der Waals surface area contributed by atoms with Gasteiger partial charge in [-0.15, -0.1) is 0 Å². The van der Waals surface area contributed by atoms with Gasteiger partial charge in [0.05, 0.1) is 0 Å². The molecular weight excluding hydrogens is 496 g/mol. The Kier molecular flexibility index (Phi) is 6.92. The summed E-state index contributed by atoms with van der Waals surface area (Å²) < 4.78 is 28.6. The molecule has 0 aromatic carbocycles. The van der Waals surface area contributed by atoms with Crippen LogP contribution in [0.25, 0.3) is 0 Å². The summed E-state index contributed by atoms with van der Waals surface area (Å²) in [5, 5.41) is 67.3. The van der Waals surface area contributed by atoms with Crippen molar-refractivity contribution in [2.45, 2.75) is 126 Å². The molecule has 0 spiro atoms. The minimum Gasteiger partial charge on any atom is -0.479 e. The molecule has 2 heterocycles. The summed E-state index contributed by atoms with van der Waals surface area (Å²) in [4.78, 5) is 25.2. The first-order valence-electron chi connectivity index (χ1n) is 11.7. The molecule has 13 nitrogen and oxygen atoms in total. The summed E-state index contributed by atoms with van der Waals surface area (Å²) in [6.45, 7) is 11.2. The van der Waals surface area contributed by atoms with Gasteiger partial charge >= 0.3 is 11.9 Å². The Morgan fingerprint density at radius 2 is 0.865 bits per heavy atom. The highest BCUT2D eigenvalue weighted by Gasteiger charge is 2.83. The highest BCUT2D eigenvalue weighted by Crippen LogP contribution is 2.61. The Hall–Kier alpha value is -1.42. The van der Waals surface area contributed by atoms with E-state index in [9.17, 15) is 40.2 Å². The second-order valence-electron chi connectivity index (χ2n) is 11.6. The van der Waals surface area contributed by atoms with Crippen molar-refractivity contribution >= 4 is 11.9 Å². The lowest BCUT2D eigenvalue weighted by Crippen LogP contribution is -2.90. The van der Waals surface area contributed by atoms with Crippen LogP contribution in [0.1, 0.15) is 69.2 Å². The first-order chi connectivity index (χ1) is 16.1. The number of carboxylic acid groups (broad SMARTS) is 2. The standard InChI is InChI=1S/C24H42O13/c1-15(13(25)26)21(7,33-11)17(3,29)20(6,32)24(10,36-15)37-22(8)16(2,14(27)28)35-23(9,34-12)19(5,31)18(22,4)30/h29-32H,1-12H3,(H,25,26)(H,27,28)/t15?,16?,17-,18+,19?,20?,21-,22-,23-,24+/m1/s1. The van der Waals surface area contributed by atoms with Gasteiger partial charge in [0.2, 0.25) is 0 Å². The minimum absolute atomic E-state index is 1.06. The predicted octanol–water partition coefficient (Wildman–Crippen LogP) is -0.00340. The lowest BCUT2D eigenvalue weighted by Gasteiger charge is -2.70. The van der Waals surface area contributed by atoms with Crippen molar-refractivity contribution in [3.63, 3.8) is 0 Å². The van der Waals surface area contributed by atoms with E-state index in [2.05, 4.69) is 0 Å². The van der Waals surface area contributed by atoms with Crippen LogP contribution in [0.4, 0.5) is 0 Å². The monoisotopic (exact) mass is 538 g/mol. The van der Waals surface area contributed by atoms with Crippen LogP contribution in [0.15, 0.2) is 0 Å². The maximum absolute atomic E-state index is 12.7. The van der Waals surface area contributed by atoms with Gasteiger partial charge in [-0.25, -0.2) is 9.59 Å². The fraction of sp³-hybridized carbons (Fsp3) is 0.917. The predicted molar refractivity (Wildman–Crippen MR) is 125 cm³/mol. The van der Waals surface area contributed by atoms with Crippen molar-refractivity contribution < 1.29 is 63.9 Å². The molecule has 2 saturated heterocycles. The Morgan fingerprint density at radius 3 is 1.22 bits per heavy atom. The summed E-state index contributed by atoms with van der Waals surface area (Å²) in [6, 6.07) is 0. The minimum atomic E-state index is -2.57. The van der Waals surface area contributed by atoms with Crippen molar-refractivity contribution in [1.82, 2.24) is 0 Å². The van der Waals surface area contributed by atoms with Crippen LogP contribution in [-0.2, 0) is 33.3 Å². The van der Waals surface area contributed by atoms with E-state index in [0.717, 1.165) is 69.6 Å². The van der Waals surface area contributed by atoms with Crippen LogP contribution in [0, 0.1) is 0 Å². The number of aliphatic hydroxyl groups is 4.